The Morgan fingerprint density at radius 2 is 1.89 bits per heavy atom. The number of aliphatic hydroxyl groups excluding tert-OH is 1. The monoisotopic (exact) mass is 530 g/mol. The molecule has 1 aliphatic rings. The number of rotatable bonds is 9. The number of aromatic nitrogens is 5. The number of nitrogens with one attached hydrogen (secondary N) is 1. The molecule has 5 rings (SSSR count). The summed E-state index contributed by atoms with van der Waals surface area (Å²) >= 11 is 0. The maximum absolute atomic E-state index is 14.8. The van der Waals surface area contributed by atoms with Gasteiger partial charge in [0.15, 0.2) is 11.6 Å². The minimum atomic E-state index is -4.46. The van der Waals surface area contributed by atoms with Crippen LogP contribution in [0.25, 0.3) is 11.1 Å². The average Bonchev–Trinajstić information content (AvgIpc) is 3.39. The summed E-state index contributed by atoms with van der Waals surface area (Å²) < 4.78 is 61.1. The van der Waals surface area contributed by atoms with E-state index in [1.807, 2.05) is 0 Å². The number of imidazole rings is 1. The third kappa shape index (κ3) is 5.28. The van der Waals surface area contributed by atoms with Crippen molar-refractivity contribution in [1.29, 1.82) is 0 Å². The number of hydrogen-bond acceptors (Lipinski definition) is 7. The van der Waals surface area contributed by atoms with Crippen LogP contribution in [0, 0.1) is 5.82 Å². The summed E-state index contributed by atoms with van der Waals surface area (Å²) in [5.74, 6) is -1.26. The summed E-state index contributed by atoms with van der Waals surface area (Å²) in [5.41, 5.74) is -0.124. The van der Waals surface area contributed by atoms with Crippen LogP contribution in [-0.4, -0.2) is 48.5 Å². The molecule has 0 aliphatic heterocycles. The van der Waals surface area contributed by atoms with Gasteiger partial charge in [-0.2, -0.15) is 13.2 Å². The minimum Gasteiger partial charge on any atom is -0.395 e. The molecule has 198 valence electrons. The molecule has 1 amide bonds. The van der Waals surface area contributed by atoms with Crippen molar-refractivity contribution in [1.82, 2.24) is 24.7 Å². The van der Waals surface area contributed by atoms with Gasteiger partial charge in [0.1, 0.15) is 17.1 Å². The second-order valence-corrected chi connectivity index (χ2v) is 9.08. The molecule has 3 aromatic heterocycles. The van der Waals surface area contributed by atoms with E-state index in [2.05, 4.69) is 25.4 Å². The van der Waals surface area contributed by atoms with Crippen LogP contribution < -0.4 is 5.32 Å². The maximum Gasteiger partial charge on any atom is 0.401 e. The first kappa shape index (κ1) is 25.5. The van der Waals surface area contributed by atoms with Crippen LogP contribution in [0.5, 0.6) is 0 Å². The SMILES string of the molecule is O=C(Cc1ccc(-c2cnc(Cc3cn(CCO)cn3)nc2)cc1F)Nc1cc(C2(C(F)(F)F)CC2)on1. The Bertz CT molecular complexity index is 1440. The Hall–Kier alpha value is -4.13. The van der Waals surface area contributed by atoms with Crippen LogP contribution in [-0.2, 0) is 29.6 Å². The predicted octanol–water partition coefficient (Wildman–Crippen LogP) is 3.83. The highest BCUT2D eigenvalue weighted by molar-refractivity contribution is 5.91. The molecule has 1 aromatic carbocycles. The Morgan fingerprint density at radius 1 is 1.13 bits per heavy atom. The van der Waals surface area contributed by atoms with E-state index >= 15 is 0 Å². The van der Waals surface area contributed by atoms with Gasteiger partial charge in [-0.3, -0.25) is 4.79 Å². The molecule has 2 N–H and O–H groups in total. The van der Waals surface area contributed by atoms with E-state index in [0.717, 1.165) is 11.8 Å². The van der Waals surface area contributed by atoms with Crippen molar-refractivity contribution in [2.24, 2.45) is 0 Å². The van der Waals surface area contributed by atoms with Crippen molar-refractivity contribution < 1.29 is 32.0 Å². The first-order valence-electron chi connectivity index (χ1n) is 11.7. The third-order valence-corrected chi connectivity index (χ3v) is 6.37. The zero-order chi connectivity index (χ0) is 26.9. The van der Waals surface area contributed by atoms with Crippen LogP contribution in [0.15, 0.2) is 53.7 Å². The lowest BCUT2D eigenvalue weighted by Gasteiger charge is -2.14. The Balaban J connectivity index is 1.20. The van der Waals surface area contributed by atoms with Gasteiger partial charge in [-0.1, -0.05) is 17.3 Å². The van der Waals surface area contributed by atoms with E-state index in [4.69, 9.17) is 9.63 Å². The quantitative estimate of drug-likeness (QED) is 0.316. The molecule has 13 heteroatoms. The van der Waals surface area contributed by atoms with Crippen molar-refractivity contribution in [3.8, 4) is 11.1 Å². The number of alkyl halides is 3. The highest BCUT2D eigenvalue weighted by atomic mass is 19.4. The maximum atomic E-state index is 14.8. The van der Waals surface area contributed by atoms with Crippen molar-refractivity contribution >= 4 is 11.7 Å². The number of aliphatic hydroxyl groups is 1. The molecule has 4 aromatic rings. The fraction of sp³-hybridized carbons (Fsp3) is 0.320. The van der Waals surface area contributed by atoms with Crippen molar-refractivity contribution in [3.63, 3.8) is 0 Å². The number of amides is 1. The predicted molar refractivity (Wildman–Crippen MR) is 125 cm³/mol. The molecular formula is C25H22F4N6O3. The molecule has 0 unspecified atom stereocenters. The fourth-order valence-corrected chi connectivity index (χ4v) is 4.08. The van der Waals surface area contributed by atoms with E-state index < -0.39 is 23.3 Å². The second kappa shape index (κ2) is 9.97. The molecule has 0 spiro atoms. The van der Waals surface area contributed by atoms with E-state index in [9.17, 15) is 22.4 Å². The van der Waals surface area contributed by atoms with E-state index in [-0.39, 0.29) is 43.0 Å². The molecule has 1 saturated carbocycles. The number of hydrogen-bond donors (Lipinski definition) is 2. The summed E-state index contributed by atoms with van der Waals surface area (Å²) in [6.45, 7) is 0.454. The number of carbonyl (C=O) groups excluding carboxylic acids is 1. The first-order valence-corrected chi connectivity index (χ1v) is 11.7. The Kier molecular flexibility index (Phi) is 6.69. The average molecular weight is 530 g/mol. The Morgan fingerprint density at radius 3 is 2.55 bits per heavy atom. The van der Waals surface area contributed by atoms with E-state index in [1.165, 1.54) is 12.1 Å². The molecule has 0 radical (unpaired) electrons. The number of halogens is 4. The smallest absolute Gasteiger partial charge is 0.395 e. The minimum absolute atomic E-state index is 0.00932. The summed E-state index contributed by atoms with van der Waals surface area (Å²) in [6.07, 6.45) is 1.92. The number of carbonyl (C=O) groups is 1. The zero-order valence-corrected chi connectivity index (χ0v) is 19.9. The molecule has 3 heterocycles. The van der Waals surface area contributed by atoms with Crippen LogP contribution in [0.1, 0.15) is 35.7 Å². The lowest BCUT2D eigenvalue weighted by Crippen LogP contribution is -2.28. The largest absolute Gasteiger partial charge is 0.401 e. The van der Waals surface area contributed by atoms with Crippen LogP contribution >= 0.6 is 0 Å². The normalized spacial score (nSPS) is 14.4. The van der Waals surface area contributed by atoms with Crippen LogP contribution in [0.2, 0.25) is 0 Å². The third-order valence-electron chi connectivity index (χ3n) is 6.37. The lowest BCUT2D eigenvalue weighted by molar-refractivity contribution is -0.165. The molecule has 0 bridgehead atoms. The second-order valence-electron chi connectivity index (χ2n) is 9.08. The number of nitrogens with zero attached hydrogens (tertiary/aromatic N) is 5. The molecular weight excluding hydrogens is 508 g/mol. The molecule has 9 nitrogen and oxygen atoms in total. The summed E-state index contributed by atoms with van der Waals surface area (Å²) in [7, 11) is 0. The first-order chi connectivity index (χ1) is 18.2. The Labute approximate surface area is 213 Å². The van der Waals surface area contributed by atoms with Gasteiger partial charge in [-0.15, -0.1) is 0 Å². The van der Waals surface area contributed by atoms with Gasteiger partial charge in [-0.25, -0.2) is 19.3 Å². The highest BCUT2D eigenvalue weighted by Crippen LogP contribution is 2.59. The zero-order valence-electron chi connectivity index (χ0n) is 19.9. The van der Waals surface area contributed by atoms with Crippen LogP contribution in [0.4, 0.5) is 23.4 Å². The summed E-state index contributed by atoms with van der Waals surface area (Å²) in [5, 5.41) is 14.8. The van der Waals surface area contributed by atoms with E-state index in [0.29, 0.717) is 29.9 Å². The summed E-state index contributed by atoms with van der Waals surface area (Å²) in [6, 6.07) is 5.38. The van der Waals surface area contributed by atoms with E-state index in [1.54, 1.807) is 35.6 Å². The molecule has 38 heavy (non-hydrogen) atoms. The van der Waals surface area contributed by atoms with Crippen LogP contribution in [0.3, 0.4) is 0 Å². The van der Waals surface area contributed by atoms with Gasteiger partial charge < -0.3 is 19.5 Å². The topological polar surface area (TPSA) is 119 Å². The van der Waals surface area contributed by atoms with Gasteiger partial charge in [0, 0.05) is 36.8 Å². The standard InChI is InChI=1S/C25H22F4N6O3/c26-19-7-15(17-11-30-21(31-12-17)9-18-13-35(5-6-36)14-32-18)1-2-16(19)8-23(37)33-22-10-20(38-34-22)24(3-4-24)25(27,28)29/h1-2,7,10-14,36H,3-6,8-9H2,(H,33,34,37). The van der Waals surface area contributed by atoms with Gasteiger partial charge in [0.25, 0.3) is 0 Å². The van der Waals surface area contributed by atoms with Gasteiger partial charge in [-0.05, 0) is 30.0 Å². The van der Waals surface area contributed by atoms with Gasteiger partial charge in [0.2, 0.25) is 5.91 Å². The summed E-state index contributed by atoms with van der Waals surface area (Å²) in [4.78, 5) is 25.2. The van der Waals surface area contributed by atoms with Gasteiger partial charge >= 0.3 is 6.18 Å². The molecule has 0 atom stereocenters. The number of anilines is 1. The van der Waals surface area contributed by atoms with Crippen molar-refractivity contribution in [2.45, 2.75) is 43.8 Å². The molecule has 1 fully saturated rings. The molecule has 0 saturated heterocycles. The highest BCUT2D eigenvalue weighted by Gasteiger charge is 2.66. The molecule has 1 aliphatic carbocycles. The van der Waals surface area contributed by atoms with Crippen molar-refractivity contribution in [3.05, 3.63) is 77.8 Å². The number of benzene rings is 1. The van der Waals surface area contributed by atoms with Gasteiger partial charge in [0.05, 0.1) is 31.5 Å². The fourth-order valence-electron chi connectivity index (χ4n) is 4.08. The lowest BCUT2D eigenvalue weighted by atomic mass is 10.0. The van der Waals surface area contributed by atoms with Crippen molar-refractivity contribution in [2.75, 3.05) is 11.9 Å².